The van der Waals surface area contributed by atoms with Gasteiger partial charge in [-0.25, -0.2) is 0 Å². The lowest BCUT2D eigenvalue weighted by Crippen LogP contribution is -2.39. The Morgan fingerprint density at radius 2 is 1.86 bits per heavy atom. The first-order valence-corrected chi connectivity index (χ1v) is 5.42. The lowest BCUT2D eigenvalue weighted by atomic mass is 9.79. The Morgan fingerprint density at radius 3 is 2.29 bits per heavy atom. The van der Waals surface area contributed by atoms with Gasteiger partial charge in [0.1, 0.15) is 0 Å². The molecule has 0 aliphatic rings. The molecule has 0 spiro atoms. The van der Waals surface area contributed by atoms with Gasteiger partial charge >= 0.3 is 0 Å². The van der Waals surface area contributed by atoms with Gasteiger partial charge in [0.25, 0.3) is 0 Å². The van der Waals surface area contributed by atoms with Crippen molar-refractivity contribution in [3.05, 3.63) is 34.3 Å². The zero-order valence-electron chi connectivity index (χ0n) is 8.50. The van der Waals surface area contributed by atoms with E-state index in [-0.39, 0.29) is 12.0 Å². The molecule has 0 saturated heterocycles. The van der Waals surface area contributed by atoms with Crippen LogP contribution in [0.3, 0.4) is 0 Å². The predicted molar refractivity (Wildman–Crippen MR) is 62.2 cm³/mol. The van der Waals surface area contributed by atoms with E-state index >= 15 is 0 Å². The minimum Gasteiger partial charge on any atom is -0.391 e. The van der Waals surface area contributed by atoms with Gasteiger partial charge in [-0.05, 0) is 17.7 Å². The van der Waals surface area contributed by atoms with E-state index in [1.165, 1.54) is 0 Å². The summed E-state index contributed by atoms with van der Waals surface area (Å²) in [6, 6.07) is 7.95. The third kappa shape index (κ3) is 2.35. The van der Waals surface area contributed by atoms with Gasteiger partial charge in [0, 0.05) is 16.4 Å². The fourth-order valence-corrected chi connectivity index (χ4v) is 1.63. The molecule has 78 valence electrons. The Bertz CT molecular complexity index is 295. The van der Waals surface area contributed by atoms with Crippen molar-refractivity contribution in [2.45, 2.75) is 25.4 Å². The summed E-state index contributed by atoms with van der Waals surface area (Å²) in [7, 11) is 0. The molecule has 3 N–H and O–H groups in total. The van der Waals surface area contributed by atoms with Crippen LogP contribution < -0.4 is 5.73 Å². The summed E-state index contributed by atoms with van der Waals surface area (Å²) in [6.45, 7) is 4.27. The number of halogens is 1. The number of aliphatic hydroxyl groups is 1. The van der Waals surface area contributed by atoms with Gasteiger partial charge < -0.3 is 10.8 Å². The van der Waals surface area contributed by atoms with Crippen molar-refractivity contribution in [2.24, 2.45) is 5.73 Å². The van der Waals surface area contributed by atoms with Crippen LogP contribution in [0.1, 0.15) is 19.4 Å². The van der Waals surface area contributed by atoms with E-state index in [1.54, 1.807) is 0 Å². The van der Waals surface area contributed by atoms with Gasteiger partial charge in [0.05, 0.1) is 6.10 Å². The Labute approximate surface area is 93.3 Å². The average molecular weight is 258 g/mol. The zero-order valence-corrected chi connectivity index (χ0v) is 10.1. The minimum atomic E-state index is -0.510. The highest BCUT2D eigenvalue weighted by atomic mass is 79.9. The summed E-state index contributed by atoms with van der Waals surface area (Å²) in [4.78, 5) is 0. The monoisotopic (exact) mass is 257 g/mol. The molecule has 0 bridgehead atoms. The first-order chi connectivity index (χ1) is 6.48. The molecular weight excluding hydrogens is 242 g/mol. The molecule has 3 heteroatoms. The van der Waals surface area contributed by atoms with Crippen LogP contribution in [0.15, 0.2) is 28.7 Å². The second kappa shape index (κ2) is 4.43. The van der Waals surface area contributed by atoms with Crippen LogP contribution in [0.4, 0.5) is 0 Å². The van der Waals surface area contributed by atoms with Crippen molar-refractivity contribution < 1.29 is 5.11 Å². The lowest BCUT2D eigenvalue weighted by Gasteiger charge is -2.30. The van der Waals surface area contributed by atoms with Crippen molar-refractivity contribution in [1.29, 1.82) is 0 Å². The molecular formula is C11H16BrNO. The Morgan fingerprint density at radius 1 is 1.36 bits per heavy atom. The maximum Gasteiger partial charge on any atom is 0.0753 e. The highest BCUT2D eigenvalue weighted by Gasteiger charge is 2.28. The van der Waals surface area contributed by atoms with Crippen LogP contribution in [-0.2, 0) is 5.41 Å². The van der Waals surface area contributed by atoms with Gasteiger partial charge in [0.15, 0.2) is 0 Å². The highest BCUT2D eigenvalue weighted by molar-refractivity contribution is 9.10. The molecule has 0 aliphatic carbocycles. The molecule has 2 nitrogen and oxygen atoms in total. The molecule has 14 heavy (non-hydrogen) atoms. The first kappa shape index (κ1) is 11.7. The number of benzene rings is 1. The lowest BCUT2D eigenvalue weighted by molar-refractivity contribution is 0.108. The minimum absolute atomic E-state index is 0.281. The third-order valence-corrected chi connectivity index (χ3v) is 3.17. The van der Waals surface area contributed by atoms with Crippen molar-refractivity contribution in [3.8, 4) is 0 Å². The van der Waals surface area contributed by atoms with Crippen molar-refractivity contribution >= 4 is 15.9 Å². The molecule has 1 aromatic rings. The summed E-state index contributed by atoms with van der Waals surface area (Å²) in [5.41, 5.74) is 6.27. The predicted octanol–water partition coefficient (Wildman–Crippen LogP) is 2.05. The van der Waals surface area contributed by atoms with Gasteiger partial charge in [-0.2, -0.15) is 0 Å². The van der Waals surface area contributed by atoms with E-state index in [0.717, 1.165) is 10.0 Å². The highest BCUT2D eigenvalue weighted by Crippen LogP contribution is 2.27. The molecule has 1 unspecified atom stereocenters. The van der Waals surface area contributed by atoms with Crippen LogP contribution in [0.5, 0.6) is 0 Å². The molecule has 0 saturated carbocycles. The van der Waals surface area contributed by atoms with Crippen LogP contribution in [-0.4, -0.2) is 17.8 Å². The molecule has 1 atom stereocenters. The number of hydrogen-bond acceptors (Lipinski definition) is 2. The van der Waals surface area contributed by atoms with E-state index in [9.17, 15) is 5.11 Å². The number of nitrogens with two attached hydrogens (primary N) is 1. The van der Waals surface area contributed by atoms with Gasteiger partial charge in [-0.1, -0.05) is 41.9 Å². The standard InChI is InChI=1S/C11H16BrNO/c1-11(2,10(14)7-13)8-3-5-9(12)6-4-8/h3-6,10,14H,7,13H2,1-2H3. The molecule has 0 heterocycles. The van der Waals surface area contributed by atoms with Crippen molar-refractivity contribution in [3.63, 3.8) is 0 Å². The van der Waals surface area contributed by atoms with Crippen LogP contribution in [0.2, 0.25) is 0 Å². The molecule has 1 aromatic carbocycles. The summed E-state index contributed by atoms with van der Waals surface area (Å²) in [5.74, 6) is 0. The molecule has 0 aromatic heterocycles. The average Bonchev–Trinajstić information content (AvgIpc) is 2.17. The third-order valence-electron chi connectivity index (χ3n) is 2.64. The van der Waals surface area contributed by atoms with Gasteiger partial charge in [-0.3, -0.25) is 0 Å². The maximum atomic E-state index is 9.77. The van der Waals surface area contributed by atoms with E-state index in [4.69, 9.17) is 5.73 Å². The fraction of sp³-hybridized carbons (Fsp3) is 0.455. The van der Waals surface area contributed by atoms with E-state index in [1.807, 2.05) is 38.1 Å². The van der Waals surface area contributed by atoms with Gasteiger partial charge in [0.2, 0.25) is 0 Å². The molecule has 0 radical (unpaired) electrons. The van der Waals surface area contributed by atoms with Gasteiger partial charge in [-0.15, -0.1) is 0 Å². The van der Waals surface area contributed by atoms with Crippen LogP contribution in [0.25, 0.3) is 0 Å². The van der Waals surface area contributed by atoms with E-state index < -0.39 is 6.10 Å². The first-order valence-electron chi connectivity index (χ1n) is 4.62. The normalized spacial score (nSPS) is 14.1. The smallest absolute Gasteiger partial charge is 0.0753 e. The summed E-state index contributed by atoms with van der Waals surface area (Å²) in [5, 5.41) is 9.77. The topological polar surface area (TPSA) is 46.2 Å². The number of hydrogen-bond donors (Lipinski definition) is 2. The van der Waals surface area contributed by atoms with Crippen LogP contribution >= 0.6 is 15.9 Å². The summed E-state index contributed by atoms with van der Waals surface area (Å²) < 4.78 is 1.04. The SMILES string of the molecule is CC(C)(c1ccc(Br)cc1)C(O)CN. The van der Waals surface area contributed by atoms with Crippen LogP contribution in [0, 0.1) is 0 Å². The number of rotatable bonds is 3. The second-order valence-electron chi connectivity index (χ2n) is 3.98. The summed E-state index contributed by atoms with van der Waals surface area (Å²) >= 11 is 3.38. The van der Waals surface area contributed by atoms with Crippen molar-refractivity contribution in [1.82, 2.24) is 0 Å². The number of aliphatic hydroxyl groups excluding tert-OH is 1. The molecule has 1 rings (SSSR count). The summed E-state index contributed by atoms with van der Waals surface area (Å²) in [6.07, 6.45) is -0.510. The Balaban J connectivity index is 2.97. The molecule has 0 aliphatic heterocycles. The fourth-order valence-electron chi connectivity index (χ4n) is 1.37. The second-order valence-corrected chi connectivity index (χ2v) is 4.90. The maximum absolute atomic E-state index is 9.77. The zero-order chi connectivity index (χ0) is 10.8. The Hall–Kier alpha value is -0.380. The Kier molecular flexibility index (Phi) is 3.70. The molecule has 0 amide bonds. The van der Waals surface area contributed by atoms with E-state index in [0.29, 0.717) is 0 Å². The quantitative estimate of drug-likeness (QED) is 0.871. The largest absolute Gasteiger partial charge is 0.391 e. The molecule has 0 fully saturated rings. The van der Waals surface area contributed by atoms with E-state index in [2.05, 4.69) is 15.9 Å². The van der Waals surface area contributed by atoms with Crippen molar-refractivity contribution in [2.75, 3.05) is 6.54 Å².